The van der Waals surface area contributed by atoms with Gasteiger partial charge in [-0.1, -0.05) is 20.8 Å². The topological polar surface area (TPSA) is 66.4 Å². The highest BCUT2D eigenvalue weighted by atomic mass is 32.2. The van der Waals surface area contributed by atoms with Gasteiger partial charge in [-0.15, -0.1) is 0 Å². The van der Waals surface area contributed by atoms with Crippen LogP contribution in [-0.4, -0.2) is 31.9 Å². The smallest absolute Gasteiger partial charge is 0.156 e. The van der Waals surface area contributed by atoms with Crippen molar-refractivity contribution in [2.45, 2.75) is 53.1 Å². The van der Waals surface area contributed by atoms with Gasteiger partial charge in [-0.3, -0.25) is 4.79 Å². The molecule has 0 aromatic carbocycles. The molecule has 0 heterocycles. The van der Waals surface area contributed by atoms with Gasteiger partial charge in [0.05, 0.1) is 11.8 Å². The Kier molecular flexibility index (Phi) is 5.29. The second-order valence-electron chi connectivity index (χ2n) is 6.05. The number of hydrogen-bond donors (Lipinski definition) is 2. The lowest BCUT2D eigenvalue weighted by atomic mass is 9.86. The van der Waals surface area contributed by atoms with Crippen molar-refractivity contribution in [3.8, 4) is 0 Å². The monoisotopic (exact) mass is 249 g/mol. The van der Waals surface area contributed by atoms with E-state index in [4.69, 9.17) is 4.55 Å². The number of ketones is 1. The van der Waals surface area contributed by atoms with Gasteiger partial charge in [0.25, 0.3) is 0 Å². The van der Waals surface area contributed by atoms with Gasteiger partial charge >= 0.3 is 0 Å². The highest BCUT2D eigenvalue weighted by Crippen LogP contribution is 2.18. The Bertz CT molecular complexity index is 276. The van der Waals surface area contributed by atoms with Crippen molar-refractivity contribution in [1.29, 1.82) is 0 Å². The summed E-state index contributed by atoms with van der Waals surface area (Å²) in [5.41, 5.74) is -0.771. The largest absolute Gasteiger partial charge is 0.306 e. The van der Waals surface area contributed by atoms with E-state index in [0.29, 0.717) is 0 Å². The first-order valence-electron chi connectivity index (χ1n) is 5.33. The summed E-state index contributed by atoms with van der Waals surface area (Å²) in [5.74, 6) is -0.0993. The Balaban J connectivity index is 4.81. The molecule has 0 spiro atoms. The zero-order chi connectivity index (χ0) is 13.1. The summed E-state index contributed by atoms with van der Waals surface area (Å²) in [6.45, 7) is 11.2. The number of carbonyl (C=O) groups is 1. The minimum Gasteiger partial charge on any atom is -0.306 e. The number of Topliss-reactive ketones (excluding diaryl/α,β-unsaturated/α-hetero) is 1. The average molecular weight is 249 g/mol. The van der Waals surface area contributed by atoms with Gasteiger partial charge in [-0.05, 0) is 20.8 Å². The van der Waals surface area contributed by atoms with Crippen molar-refractivity contribution in [1.82, 2.24) is 5.32 Å². The highest BCUT2D eigenvalue weighted by Gasteiger charge is 2.32. The van der Waals surface area contributed by atoms with Crippen LogP contribution in [-0.2, 0) is 15.9 Å². The molecule has 0 saturated heterocycles. The third-order valence-corrected chi connectivity index (χ3v) is 2.59. The van der Waals surface area contributed by atoms with Crippen LogP contribution in [0.4, 0.5) is 0 Å². The fraction of sp³-hybridized carbons (Fsp3) is 0.909. The fourth-order valence-electron chi connectivity index (χ4n) is 1.37. The molecule has 0 aliphatic carbocycles. The van der Waals surface area contributed by atoms with E-state index in [0.717, 1.165) is 0 Å². The maximum absolute atomic E-state index is 12.1. The average Bonchev–Trinajstić information content (AvgIpc) is 1.96. The van der Waals surface area contributed by atoms with Crippen LogP contribution in [0.3, 0.4) is 0 Å². The summed E-state index contributed by atoms with van der Waals surface area (Å²) >= 11 is -1.97. The van der Waals surface area contributed by atoms with Crippen LogP contribution in [0.5, 0.6) is 0 Å². The van der Waals surface area contributed by atoms with Crippen molar-refractivity contribution in [3.63, 3.8) is 0 Å². The molecule has 2 unspecified atom stereocenters. The SMILES string of the molecule is CC(C)(C)NC(CS(=O)O)C(=O)C(C)(C)C. The van der Waals surface area contributed by atoms with Crippen molar-refractivity contribution < 1.29 is 13.6 Å². The van der Waals surface area contributed by atoms with Crippen molar-refractivity contribution >= 4 is 16.9 Å². The van der Waals surface area contributed by atoms with E-state index in [1.54, 1.807) is 0 Å². The quantitative estimate of drug-likeness (QED) is 0.742. The van der Waals surface area contributed by atoms with Crippen molar-refractivity contribution in [2.75, 3.05) is 5.75 Å². The van der Waals surface area contributed by atoms with E-state index in [2.05, 4.69) is 5.32 Å². The molecule has 2 N–H and O–H groups in total. The fourth-order valence-corrected chi connectivity index (χ4v) is 1.89. The summed E-state index contributed by atoms with van der Waals surface area (Å²) in [6.07, 6.45) is 0. The number of carbonyl (C=O) groups excluding carboxylic acids is 1. The molecule has 0 radical (unpaired) electrons. The van der Waals surface area contributed by atoms with Crippen LogP contribution in [0, 0.1) is 5.41 Å². The Labute approximate surface area is 100 Å². The maximum Gasteiger partial charge on any atom is 0.156 e. The lowest BCUT2D eigenvalue weighted by Gasteiger charge is -2.31. The number of hydrogen-bond acceptors (Lipinski definition) is 3. The Hall–Kier alpha value is -0.260. The lowest BCUT2D eigenvalue weighted by molar-refractivity contribution is -0.128. The third kappa shape index (κ3) is 6.35. The van der Waals surface area contributed by atoms with Gasteiger partial charge in [0.2, 0.25) is 0 Å². The van der Waals surface area contributed by atoms with Gasteiger partial charge in [-0.2, -0.15) is 0 Å². The van der Waals surface area contributed by atoms with Crippen LogP contribution in [0.2, 0.25) is 0 Å². The normalized spacial score (nSPS) is 16.9. The van der Waals surface area contributed by atoms with E-state index in [-0.39, 0.29) is 17.1 Å². The highest BCUT2D eigenvalue weighted by molar-refractivity contribution is 7.79. The molecule has 5 heteroatoms. The molecule has 0 aromatic rings. The first-order valence-corrected chi connectivity index (χ1v) is 6.60. The van der Waals surface area contributed by atoms with E-state index < -0.39 is 22.5 Å². The molecule has 0 aliphatic heterocycles. The molecule has 0 aliphatic rings. The summed E-state index contributed by atoms with van der Waals surface area (Å²) < 4.78 is 19.8. The summed E-state index contributed by atoms with van der Waals surface area (Å²) in [7, 11) is 0. The van der Waals surface area contributed by atoms with Gasteiger partial charge < -0.3 is 9.87 Å². The standard InChI is InChI=1S/C11H23NO3S/c1-10(2,3)9(13)8(7-16(14)15)12-11(4,5)6/h8,12H,7H2,1-6H3,(H,14,15). The van der Waals surface area contributed by atoms with Crippen LogP contribution in [0.15, 0.2) is 0 Å². The van der Waals surface area contributed by atoms with Crippen LogP contribution < -0.4 is 5.32 Å². The zero-order valence-corrected chi connectivity index (χ0v) is 11.8. The summed E-state index contributed by atoms with van der Waals surface area (Å²) in [4.78, 5) is 12.1. The predicted octanol–water partition coefficient (Wildman–Crippen LogP) is 1.58. The second-order valence-corrected chi connectivity index (χ2v) is 7.03. The molecule has 96 valence electrons. The van der Waals surface area contributed by atoms with Gasteiger partial charge in [0.1, 0.15) is 0 Å². The summed E-state index contributed by atoms with van der Waals surface area (Å²) in [5, 5.41) is 3.09. The van der Waals surface area contributed by atoms with Crippen LogP contribution >= 0.6 is 0 Å². The Morgan fingerprint density at radius 1 is 1.25 bits per heavy atom. The third-order valence-electron chi connectivity index (χ3n) is 1.97. The molecule has 0 fully saturated rings. The number of rotatable bonds is 4. The second kappa shape index (κ2) is 5.38. The number of nitrogens with one attached hydrogen (secondary N) is 1. The minimum atomic E-state index is -1.97. The van der Waals surface area contributed by atoms with Crippen LogP contribution in [0.25, 0.3) is 0 Å². The molecule has 2 atom stereocenters. The van der Waals surface area contributed by atoms with E-state index in [1.165, 1.54) is 0 Å². The first-order chi connectivity index (χ1) is 6.93. The lowest BCUT2D eigenvalue weighted by Crippen LogP contribution is -2.53. The molecule has 0 amide bonds. The van der Waals surface area contributed by atoms with Crippen molar-refractivity contribution in [2.24, 2.45) is 5.41 Å². The van der Waals surface area contributed by atoms with Gasteiger partial charge in [0.15, 0.2) is 16.9 Å². The minimum absolute atomic E-state index is 0.0372. The molecule has 4 nitrogen and oxygen atoms in total. The first kappa shape index (κ1) is 15.7. The predicted molar refractivity (Wildman–Crippen MR) is 66.8 cm³/mol. The Morgan fingerprint density at radius 3 is 1.94 bits per heavy atom. The molecule has 0 bridgehead atoms. The Morgan fingerprint density at radius 2 is 1.69 bits per heavy atom. The van der Waals surface area contributed by atoms with Gasteiger partial charge in [0, 0.05) is 11.0 Å². The summed E-state index contributed by atoms with van der Waals surface area (Å²) in [6, 6.07) is -0.578. The molecular weight excluding hydrogens is 226 g/mol. The maximum atomic E-state index is 12.1. The van der Waals surface area contributed by atoms with Crippen molar-refractivity contribution in [3.05, 3.63) is 0 Å². The molecule has 0 saturated carbocycles. The molecular formula is C11H23NO3S. The van der Waals surface area contributed by atoms with Crippen LogP contribution in [0.1, 0.15) is 41.5 Å². The van der Waals surface area contributed by atoms with E-state index in [1.807, 2.05) is 41.5 Å². The molecule has 0 rings (SSSR count). The molecule has 16 heavy (non-hydrogen) atoms. The van der Waals surface area contributed by atoms with Gasteiger partial charge in [-0.25, -0.2) is 4.21 Å². The zero-order valence-electron chi connectivity index (χ0n) is 11.0. The molecule has 0 aromatic heterocycles. The van der Waals surface area contributed by atoms with E-state index in [9.17, 15) is 9.00 Å². The van der Waals surface area contributed by atoms with E-state index >= 15 is 0 Å².